The molecule has 0 N–H and O–H groups in total. The summed E-state index contributed by atoms with van der Waals surface area (Å²) in [5, 5.41) is 4.02. The summed E-state index contributed by atoms with van der Waals surface area (Å²) in [6.07, 6.45) is 9.11. The van der Waals surface area contributed by atoms with Crippen molar-refractivity contribution in [1.29, 1.82) is 0 Å². The second-order valence-electron chi connectivity index (χ2n) is 23.5. The zero-order valence-corrected chi connectivity index (χ0v) is 46.5. The maximum absolute atomic E-state index is 7.77. The first-order valence-corrected chi connectivity index (χ1v) is 30.6. The number of anilines is 9. The SMILES string of the molecule is c1ccc(N2c3ccccc3B3c4cc5c(cc4Oc4cc(-n6c7c(c8ccccc86)CCCC7)cc2c43)N(c2ccccc2)c2cc(-n3c4c(c6ccccc63)CCCC4)cc3c2B5c2sc4ccccc4c2N3c2ccccc2)cc1. The number of para-hydroxylation sites is 6. The monoisotopic (exact) mass is 1080 g/mol. The van der Waals surface area contributed by atoms with E-state index in [1.807, 2.05) is 11.3 Å². The third-order valence-corrected chi connectivity index (χ3v) is 20.5. The van der Waals surface area contributed by atoms with E-state index in [2.05, 4.69) is 248 Å². The Bertz CT molecular complexity index is 4890. The fraction of sp³-hybridized carbons (Fsp3) is 0.108. The highest BCUT2D eigenvalue weighted by Crippen LogP contribution is 2.51. The highest BCUT2D eigenvalue weighted by molar-refractivity contribution is 7.33. The fourth-order valence-electron chi connectivity index (χ4n) is 16.0. The molecule has 13 aromatic rings. The summed E-state index contributed by atoms with van der Waals surface area (Å²) in [6.45, 7) is -0.199. The molecule has 2 aliphatic carbocycles. The van der Waals surface area contributed by atoms with Gasteiger partial charge in [-0.1, -0.05) is 133 Å². The van der Waals surface area contributed by atoms with Crippen LogP contribution < -0.4 is 51.5 Å². The van der Waals surface area contributed by atoms with Crippen LogP contribution in [0.3, 0.4) is 0 Å². The summed E-state index contributed by atoms with van der Waals surface area (Å²) in [5.74, 6) is 1.81. The minimum absolute atomic E-state index is 0.0897. The molecule has 392 valence electrons. The lowest BCUT2D eigenvalue weighted by Crippen LogP contribution is -2.64. The van der Waals surface area contributed by atoms with Gasteiger partial charge in [0, 0.05) is 100 Å². The van der Waals surface area contributed by atoms with Gasteiger partial charge in [-0.3, -0.25) is 0 Å². The lowest BCUT2D eigenvalue weighted by atomic mass is 9.31. The molecule has 0 saturated carbocycles. The number of rotatable bonds is 5. The molecule has 4 aliphatic heterocycles. The third-order valence-electron chi connectivity index (χ3n) is 19.3. The van der Waals surface area contributed by atoms with Gasteiger partial charge in [0.25, 0.3) is 13.4 Å². The second kappa shape index (κ2) is 17.5. The van der Waals surface area contributed by atoms with Crippen molar-refractivity contribution in [3.05, 3.63) is 247 Å². The molecule has 10 aromatic carbocycles. The van der Waals surface area contributed by atoms with Crippen molar-refractivity contribution in [3.8, 4) is 22.9 Å². The van der Waals surface area contributed by atoms with Gasteiger partial charge in [0.05, 0.1) is 22.4 Å². The van der Waals surface area contributed by atoms with Crippen molar-refractivity contribution >= 4 is 140 Å². The van der Waals surface area contributed by atoms with Crippen molar-refractivity contribution in [2.24, 2.45) is 0 Å². The maximum Gasteiger partial charge on any atom is 0.264 e. The number of benzene rings is 10. The minimum Gasteiger partial charge on any atom is -0.458 e. The molecule has 0 atom stereocenters. The van der Waals surface area contributed by atoms with Crippen molar-refractivity contribution in [3.63, 3.8) is 0 Å². The van der Waals surface area contributed by atoms with Gasteiger partial charge in [0.1, 0.15) is 11.5 Å². The summed E-state index contributed by atoms with van der Waals surface area (Å²) < 4.78 is 15.6. The zero-order valence-electron chi connectivity index (χ0n) is 45.7. The normalized spacial score (nSPS) is 15.1. The van der Waals surface area contributed by atoms with Gasteiger partial charge in [-0.15, -0.1) is 11.3 Å². The maximum atomic E-state index is 7.77. The number of nitrogens with zero attached hydrogens (tertiary/aromatic N) is 5. The van der Waals surface area contributed by atoms with Gasteiger partial charge in [-0.05, 0) is 169 Å². The molecular weight excluding hydrogens is 1030 g/mol. The van der Waals surface area contributed by atoms with Crippen LogP contribution in [0.25, 0.3) is 43.3 Å². The molecule has 3 aromatic heterocycles. The molecular formula is C74H53B2N5OS. The summed E-state index contributed by atoms with van der Waals surface area (Å²) >= 11 is 1.96. The molecule has 0 fully saturated rings. The lowest BCUT2D eigenvalue weighted by Gasteiger charge is -2.45. The molecule has 6 aliphatic rings. The van der Waals surface area contributed by atoms with Gasteiger partial charge in [0.15, 0.2) is 0 Å². The van der Waals surface area contributed by atoms with E-state index in [0.717, 1.165) is 71.3 Å². The van der Waals surface area contributed by atoms with Crippen LogP contribution in [0, 0.1) is 0 Å². The van der Waals surface area contributed by atoms with E-state index in [9.17, 15) is 0 Å². The van der Waals surface area contributed by atoms with E-state index in [4.69, 9.17) is 4.74 Å². The molecule has 6 nitrogen and oxygen atoms in total. The average molecular weight is 1080 g/mol. The molecule has 0 spiro atoms. The Morgan fingerprint density at radius 1 is 0.349 bits per heavy atom. The molecule has 83 heavy (non-hydrogen) atoms. The van der Waals surface area contributed by atoms with Gasteiger partial charge in [-0.2, -0.15) is 0 Å². The van der Waals surface area contributed by atoms with E-state index in [-0.39, 0.29) is 13.4 Å². The summed E-state index contributed by atoms with van der Waals surface area (Å²) in [6, 6.07) is 84.7. The Hall–Kier alpha value is -9.43. The first-order chi connectivity index (χ1) is 41.2. The number of aromatic nitrogens is 2. The zero-order chi connectivity index (χ0) is 54.0. The number of hydrogen-bond donors (Lipinski definition) is 0. The molecule has 9 heteroatoms. The predicted octanol–water partition coefficient (Wildman–Crippen LogP) is 15.0. The van der Waals surface area contributed by atoms with E-state index < -0.39 is 0 Å². The van der Waals surface area contributed by atoms with Crippen molar-refractivity contribution < 1.29 is 4.74 Å². The van der Waals surface area contributed by atoms with E-state index >= 15 is 0 Å². The Morgan fingerprint density at radius 3 is 1.51 bits per heavy atom. The highest BCUT2D eigenvalue weighted by atomic mass is 32.1. The predicted molar refractivity (Wildman–Crippen MR) is 349 cm³/mol. The van der Waals surface area contributed by atoms with Gasteiger partial charge < -0.3 is 28.6 Å². The van der Waals surface area contributed by atoms with Crippen LogP contribution in [0.15, 0.2) is 224 Å². The smallest absolute Gasteiger partial charge is 0.264 e. The Labute approximate surface area is 486 Å². The first-order valence-electron chi connectivity index (χ1n) is 29.8. The Morgan fingerprint density at radius 2 is 0.855 bits per heavy atom. The van der Waals surface area contributed by atoms with Crippen LogP contribution in [0.5, 0.6) is 11.5 Å². The molecule has 0 saturated heterocycles. The molecule has 19 rings (SSSR count). The average Bonchev–Trinajstić information content (AvgIpc) is 2.59. The Balaban J connectivity index is 0.913. The van der Waals surface area contributed by atoms with Crippen LogP contribution in [-0.2, 0) is 25.7 Å². The lowest BCUT2D eigenvalue weighted by molar-refractivity contribution is 0.487. The largest absolute Gasteiger partial charge is 0.458 e. The van der Waals surface area contributed by atoms with Gasteiger partial charge in [-0.25, -0.2) is 0 Å². The topological polar surface area (TPSA) is 28.8 Å². The summed E-state index contributed by atoms with van der Waals surface area (Å²) in [7, 11) is 0. The van der Waals surface area contributed by atoms with E-state index in [1.165, 1.54) is 141 Å². The van der Waals surface area contributed by atoms with Crippen LogP contribution in [0.1, 0.15) is 48.2 Å². The molecule has 7 heterocycles. The number of ether oxygens (including phenoxy) is 1. The van der Waals surface area contributed by atoms with Crippen molar-refractivity contribution in [2.45, 2.75) is 51.4 Å². The Kier molecular flexibility index (Phi) is 9.77. The van der Waals surface area contributed by atoms with Crippen LogP contribution in [0.2, 0.25) is 0 Å². The molecule has 0 unspecified atom stereocenters. The van der Waals surface area contributed by atoms with Crippen molar-refractivity contribution in [2.75, 3.05) is 14.7 Å². The van der Waals surface area contributed by atoms with Gasteiger partial charge >= 0.3 is 0 Å². The minimum atomic E-state index is -0.109. The third kappa shape index (κ3) is 6.46. The van der Waals surface area contributed by atoms with E-state index in [0.29, 0.717) is 0 Å². The number of hydrogen-bond acceptors (Lipinski definition) is 5. The number of aryl methyl sites for hydroxylation is 2. The summed E-state index contributed by atoms with van der Waals surface area (Å²) in [4.78, 5) is 7.70. The quantitative estimate of drug-likeness (QED) is 0.161. The van der Waals surface area contributed by atoms with Crippen molar-refractivity contribution in [1.82, 2.24) is 9.13 Å². The van der Waals surface area contributed by atoms with Gasteiger partial charge in [0.2, 0.25) is 0 Å². The number of fused-ring (bicyclic) bond motifs is 16. The van der Waals surface area contributed by atoms with E-state index in [1.54, 1.807) is 0 Å². The standard InChI is InChI=1S/C74H53B2N5OS/c1-4-22-46(23-5-1)77-63-38-20-15-33-56(63)75-58-44-57-64(45-68(58)82-69-43-50(42-67(77)72(69)75)80-61-36-18-12-30-53(61)54-31-13-19-37-62(54)80)78(47-24-6-2-7-25-47)65-40-49(79-59-34-16-10-28-51(59)52-29-11-17-35-60(52)79)41-66-71(65)76(57)74-73(55-32-14-21-39-70(55)83-74)81(66)48-26-8-3-9-27-48/h1-10,12,14-16,18,20-28,30,32-34,36,38-45H,11,13,17,19,29,31,35,37H2. The first kappa shape index (κ1) is 46.2. The van der Waals surface area contributed by atoms with Crippen LogP contribution in [-0.4, -0.2) is 22.6 Å². The number of thiophene rings is 1. The van der Waals surface area contributed by atoms with Crippen LogP contribution >= 0.6 is 11.3 Å². The molecule has 0 amide bonds. The second-order valence-corrected chi connectivity index (χ2v) is 24.6. The molecule has 0 bridgehead atoms. The van der Waals surface area contributed by atoms with Crippen LogP contribution in [0.4, 0.5) is 51.2 Å². The fourth-order valence-corrected chi connectivity index (χ4v) is 17.3. The highest BCUT2D eigenvalue weighted by Gasteiger charge is 2.49. The molecule has 0 radical (unpaired) electrons. The summed E-state index contributed by atoms with van der Waals surface area (Å²) in [5.41, 5.74) is 27.6.